The molecule has 1 unspecified atom stereocenters. The second-order valence-electron chi connectivity index (χ2n) is 5.39. The normalized spacial score (nSPS) is 32.0. The summed E-state index contributed by atoms with van der Waals surface area (Å²) in [6.45, 7) is 10.4. The first kappa shape index (κ1) is 10.7. The van der Waals surface area contributed by atoms with Crippen LogP contribution >= 0.6 is 0 Å². The number of carbonyl (C=O) groups excluding carboxylic acids is 1. The van der Waals surface area contributed by atoms with Gasteiger partial charge in [-0.3, -0.25) is 9.69 Å². The van der Waals surface area contributed by atoms with Crippen LogP contribution < -0.4 is 0 Å². The lowest BCUT2D eigenvalue weighted by Gasteiger charge is -2.38. The topological polar surface area (TPSA) is 20.3 Å². The first-order chi connectivity index (χ1) is 5.69. The summed E-state index contributed by atoms with van der Waals surface area (Å²) in [6, 6.07) is 0. The average molecular weight is 183 g/mol. The van der Waals surface area contributed by atoms with Gasteiger partial charge in [-0.15, -0.1) is 0 Å². The van der Waals surface area contributed by atoms with Crippen LogP contribution in [0.2, 0.25) is 0 Å². The first-order valence-corrected chi connectivity index (χ1v) is 4.94. The summed E-state index contributed by atoms with van der Waals surface area (Å²) in [5, 5.41) is 0. The van der Waals surface area contributed by atoms with E-state index in [1.165, 1.54) is 0 Å². The van der Waals surface area contributed by atoms with Crippen LogP contribution in [0.4, 0.5) is 0 Å². The minimum absolute atomic E-state index is 0.00926. The SMILES string of the molecule is CC(=O)C1CC(C)(C)N(C)C1(C)C. The molecule has 2 heteroatoms. The van der Waals surface area contributed by atoms with E-state index in [9.17, 15) is 4.79 Å². The van der Waals surface area contributed by atoms with Gasteiger partial charge in [-0.2, -0.15) is 0 Å². The van der Waals surface area contributed by atoms with E-state index in [-0.39, 0.29) is 17.0 Å². The van der Waals surface area contributed by atoms with Crippen LogP contribution in [0.3, 0.4) is 0 Å². The molecule has 0 aliphatic carbocycles. The van der Waals surface area contributed by atoms with Gasteiger partial charge in [0.1, 0.15) is 5.78 Å². The van der Waals surface area contributed by atoms with Crippen LogP contribution in [-0.2, 0) is 4.79 Å². The lowest BCUT2D eigenvalue weighted by atomic mass is 9.84. The number of rotatable bonds is 1. The van der Waals surface area contributed by atoms with Crippen LogP contribution in [0.5, 0.6) is 0 Å². The summed E-state index contributed by atoms with van der Waals surface area (Å²) >= 11 is 0. The maximum Gasteiger partial charge on any atom is 0.134 e. The fourth-order valence-electron chi connectivity index (χ4n) is 2.54. The Morgan fingerprint density at radius 2 is 1.77 bits per heavy atom. The van der Waals surface area contributed by atoms with Crippen molar-refractivity contribution in [1.82, 2.24) is 4.90 Å². The third-order valence-corrected chi connectivity index (χ3v) is 3.82. The number of carbonyl (C=O) groups is 1. The smallest absolute Gasteiger partial charge is 0.134 e. The van der Waals surface area contributed by atoms with Gasteiger partial charge >= 0.3 is 0 Å². The number of hydrogen-bond acceptors (Lipinski definition) is 2. The predicted molar refractivity (Wildman–Crippen MR) is 54.7 cm³/mol. The van der Waals surface area contributed by atoms with Crippen molar-refractivity contribution in [3.63, 3.8) is 0 Å². The van der Waals surface area contributed by atoms with E-state index in [0.29, 0.717) is 5.78 Å². The van der Waals surface area contributed by atoms with Gasteiger partial charge in [0.15, 0.2) is 0 Å². The molecule has 0 amide bonds. The van der Waals surface area contributed by atoms with Crippen molar-refractivity contribution in [2.45, 2.75) is 52.1 Å². The van der Waals surface area contributed by atoms with E-state index < -0.39 is 0 Å². The van der Waals surface area contributed by atoms with Gasteiger partial charge in [-0.05, 0) is 48.1 Å². The highest BCUT2D eigenvalue weighted by atomic mass is 16.1. The van der Waals surface area contributed by atoms with E-state index in [1.807, 2.05) is 0 Å². The van der Waals surface area contributed by atoms with E-state index >= 15 is 0 Å². The molecular weight excluding hydrogens is 162 g/mol. The fraction of sp³-hybridized carbons (Fsp3) is 0.909. The molecule has 1 fully saturated rings. The average Bonchev–Trinajstić information content (AvgIpc) is 2.11. The molecule has 0 aromatic heterocycles. The van der Waals surface area contributed by atoms with Crippen LogP contribution in [0.1, 0.15) is 41.0 Å². The number of Topliss-reactive ketones (excluding diaryl/α,β-unsaturated/α-hetero) is 1. The lowest BCUT2D eigenvalue weighted by Crippen LogP contribution is -2.47. The molecule has 1 atom stereocenters. The second-order valence-corrected chi connectivity index (χ2v) is 5.39. The van der Waals surface area contributed by atoms with Gasteiger partial charge in [0.2, 0.25) is 0 Å². The molecule has 0 N–H and O–H groups in total. The third-order valence-electron chi connectivity index (χ3n) is 3.82. The molecule has 0 aromatic carbocycles. The summed E-state index contributed by atoms with van der Waals surface area (Å²) in [6.07, 6.45) is 0.978. The molecule has 0 aromatic rings. The number of hydrogen-bond donors (Lipinski definition) is 0. The molecule has 0 bridgehead atoms. The van der Waals surface area contributed by atoms with E-state index in [0.717, 1.165) is 6.42 Å². The fourth-order valence-corrected chi connectivity index (χ4v) is 2.54. The Labute approximate surface area is 81.3 Å². The zero-order valence-electron chi connectivity index (χ0n) is 9.64. The van der Waals surface area contributed by atoms with Crippen LogP contribution in [0.15, 0.2) is 0 Å². The van der Waals surface area contributed by atoms with Gasteiger partial charge in [0, 0.05) is 17.0 Å². The minimum Gasteiger partial charge on any atom is -0.300 e. The van der Waals surface area contributed by atoms with Crippen molar-refractivity contribution in [2.75, 3.05) is 7.05 Å². The van der Waals surface area contributed by atoms with Crippen molar-refractivity contribution in [3.8, 4) is 0 Å². The summed E-state index contributed by atoms with van der Waals surface area (Å²) < 4.78 is 0. The van der Waals surface area contributed by atoms with E-state index in [2.05, 4.69) is 39.6 Å². The van der Waals surface area contributed by atoms with Crippen molar-refractivity contribution in [2.24, 2.45) is 5.92 Å². The minimum atomic E-state index is 0.00926. The molecule has 13 heavy (non-hydrogen) atoms. The van der Waals surface area contributed by atoms with Crippen molar-refractivity contribution in [1.29, 1.82) is 0 Å². The molecular formula is C11H21NO. The van der Waals surface area contributed by atoms with Gasteiger partial charge < -0.3 is 0 Å². The highest BCUT2D eigenvalue weighted by Crippen LogP contribution is 2.43. The Bertz CT molecular complexity index is 230. The second kappa shape index (κ2) is 2.81. The highest BCUT2D eigenvalue weighted by molar-refractivity contribution is 5.80. The number of likely N-dealkylation sites (tertiary alicyclic amines) is 1. The Morgan fingerprint density at radius 3 is 1.92 bits per heavy atom. The standard InChI is InChI=1S/C11H21NO/c1-8(13)9-7-10(2,3)12(6)11(9,4)5/h9H,7H2,1-6H3. The van der Waals surface area contributed by atoms with Gasteiger partial charge in [-0.1, -0.05) is 0 Å². The monoisotopic (exact) mass is 183 g/mol. The maximum absolute atomic E-state index is 11.5. The van der Waals surface area contributed by atoms with E-state index in [4.69, 9.17) is 0 Å². The molecule has 2 nitrogen and oxygen atoms in total. The molecule has 0 radical (unpaired) electrons. The summed E-state index contributed by atoms with van der Waals surface area (Å²) in [5.74, 6) is 0.509. The molecule has 1 aliphatic rings. The first-order valence-electron chi connectivity index (χ1n) is 4.94. The highest BCUT2D eigenvalue weighted by Gasteiger charge is 2.50. The summed E-state index contributed by atoms with van der Waals surface area (Å²) in [5.41, 5.74) is 0.162. The zero-order valence-corrected chi connectivity index (χ0v) is 9.64. The number of nitrogens with zero attached hydrogens (tertiary/aromatic N) is 1. The molecule has 76 valence electrons. The Kier molecular flexibility index (Phi) is 2.31. The summed E-state index contributed by atoms with van der Waals surface area (Å²) in [7, 11) is 2.11. The van der Waals surface area contributed by atoms with Crippen LogP contribution in [0, 0.1) is 5.92 Å². The van der Waals surface area contributed by atoms with Gasteiger partial charge in [0.25, 0.3) is 0 Å². The molecule has 0 spiro atoms. The number of ketones is 1. The maximum atomic E-state index is 11.5. The van der Waals surface area contributed by atoms with Crippen molar-refractivity contribution >= 4 is 5.78 Å². The van der Waals surface area contributed by atoms with Gasteiger partial charge in [0.05, 0.1) is 0 Å². The Hall–Kier alpha value is -0.370. The van der Waals surface area contributed by atoms with Crippen molar-refractivity contribution < 1.29 is 4.79 Å². The molecule has 1 rings (SSSR count). The largest absolute Gasteiger partial charge is 0.300 e. The predicted octanol–water partition coefficient (Wildman–Crippen LogP) is 2.08. The van der Waals surface area contributed by atoms with Gasteiger partial charge in [-0.25, -0.2) is 0 Å². The van der Waals surface area contributed by atoms with Crippen LogP contribution in [-0.4, -0.2) is 28.8 Å². The molecule has 1 saturated heterocycles. The Balaban J connectivity index is 3.00. The molecule has 1 heterocycles. The van der Waals surface area contributed by atoms with E-state index in [1.54, 1.807) is 6.92 Å². The van der Waals surface area contributed by atoms with Crippen LogP contribution in [0.25, 0.3) is 0 Å². The summed E-state index contributed by atoms with van der Waals surface area (Å²) in [4.78, 5) is 13.8. The zero-order chi connectivity index (χ0) is 10.4. The lowest BCUT2D eigenvalue weighted by molar-refractivity contribution is -0.122. The van der Waals surface area contributed by atoms with Crippen molar-refractivity contribution in [3.05, 3.63) is 0 Å². The third kappa shape index (κ3) is 1.52. The molecule has 1 aliphatic heterocycles. The quantitative estimate of drug-likeness (QED) is 0.620. The Morgan fingerprint density at radius 1 is 1.31 bits per heavy atom. The molecule has 0 saturated carbocycles.